The van der Waals surface area contributed by atoms with Gasteiger partial charge in [-0.1, -0.05) is 49.2 Å². The van der Waals surface area contributed by atoms with Crippen molar-refractivity contribution in [2.24, 2.45) is 5.92 Å². The maximum Gasteiger partial charge on any atom is 0.262 e. The Labute approximate surface area is 156 Å². The van der Waals surface area contributed by atoms with Gasteiger partial charge in [0.05, 0.1) is 15.7 Å². The van der Waals surface area contributed by atoms with Crippen LogP contribution in [0.25, 0.3) is 0 Å². The van der Waals surface area contributed by atoms with Gasteiger partial charge in [0.15, 0.2) is 6.61 Å². The molecule has 0 aliphatic carbocycles. The molecule has 5 nitrogen and oxygen atoms in total. The van der Waals surface area contributed by atoms with E-state index in [2.05, 4.69) is 10.6 Å². The molecule has 0 bridgehead atoms. The summed E-state index contributed by atoms with van der Waals surface area (Å²) in [4.78, 5) is 23.7. The molecule has 7 heteroatoms. The topological polar surface area (TPSA) is 67.4 Å². The minimum absolute atomic E-state index is 0.0921. The van der Waals surface area contributed by atoms with Crippen LogP contribution in [0.4, 0.5) is 11.4 Å². The fourth-order valence-corrected chi connectivity index (χ4v) is 2.23. The lowest BCUT2D eigenvalue weighted by Gasteiger charge is -2.11. The van der Waals surface area contributed by atoms with E-state index in [0.29, 0.717) is 22.1 Å². The molecular weight excluding hydrogens is 363 g/mol. The van der Waals surface area contributed by atoms with Gasteiger partial charge in [-0.3, -0.25) is 9.59 Å². The first-order valence-corrected chi connectivity index (χ1v) is 8.40. The normalized spacial score (nSPS) is 10.4. The van der Waals surface area contributed by atoms with E-state index in [9.17, 15) is 9.59 Å². The summed E-state index contributed by atoms with van der Waals surface area (Å²) in [6.07, 6.45) is 0. The van der Waals surface area contributed by atoms with Crippen LogP contribution in [0, 0.1) is 5.92 Å². The van der Waals surface area contributed by atoms with Crippen molar-refractivity contribution in [3.63, 3.8) is 0 Å². The number of carbonyl (C=O) groups excluding carboxylic acids is 2. The molecular formula is C18H18Cl2N2O3. The minimum Gasteiger partial charge on any atom is -0.484 e. The second-order valence-electron chi connectivity index (χ2n) is 5.61. The summed E-state index contributed by atoms with van der Waals surface area (Å²) >= 11 is 11.9. The molecule has 0 unspecified atom stereocenters. The number of halogens is 2. The summed E-state index contributed by atoms with van der Waals surface area (Å²) in [7, 11) is 0. The molecule has 0 atom stereocenters. The van der Waals surface area contributed by atoms with Gasteiger partial charge in [0.2, 0.25) is 5.91 Å². The molecule has 0 aliphatic rings. The molecule has 2 amide bonds. The molecule has 132 valence electrons. The summed E-state index contributed by atoms with van der Waals surface area (Å²) in [5, 5.41) is 6.03. The lowest BCUT2D eigenvalue weighted by molar-refractivity contribution is -0.119. The monoisotopic (exact) mass is 380 g/mol. The fourth-order valence-electron chi connectivity index (χ4n) is 1.89. The number of anilines is 2. The highest BCUT2D eigenvalue weighted by atomic mass is 35.5. The lowest BCUT2D eigenvalue weighted by atomic mass is 10.2. The highest BCUT2D eigenvalue weighted by molar-refractivity contribution is 6.44. The summed E-state index contributed by atoms with van der Waals surface area (Å²) in [6.45, 7) is 3.41. The van der Waals surface area contributed by atoms with Gasteiger partial charge in [-0.2, -0.15) is 0 Å². The van der Waals surface area contributed by atoms with E-state index in [1.165, 1.54) is 0 Å². The molecule has 0 fully saturated rings. The number of rotatable bonds is 6. The van der Waals surface area contributed by atoms with Crippen molar-refractivity contribution < 1.29 is 14.3 Å². The first kappa shape index (κ1) is 19.1. The molecule has 2 aromatic rings. The van der Waals surface area contributed by atoms with Crippen molar-refractivity contribution in [1.29, 1.82) is 0 Å². The largest absolute Gasteiger partial charge is 0.484 e. The van der Waals surface area contributed by atoms with E-state index in [-0.39, 0.29) is 29.4 Å². The number of benzene rings is 2. The van der Waals surface area contributed by atoms with Crippen LogP contribution in [0.2, 0.25) is 10.0 Å². The Bertz CT molecular complexity index is 779. The smallest absolute Gasteiger partial charge is 0.262 e. The maximum atomic E-state index is 12.0. The van der Waals surface area contributed by atoms with Gasteiger partial charge in [0, 0.05) is 17.7 Å². The third-order valence-electron chi connectivity index (χ3n) is 3.22. The Morgan fingerprint density at radius 3 is 2.52 bits per heavy atom. The molecule has 0 aliphatic heterocycles. The third-order valence-corrected chi connectivity index (χ3v) is 4.04. The standard InChI is InChI=1S/C18H18Cl2N2O3/c1-11(2)18(24)21-12-5-3-6-13(9-12)25-10-16(23)22-15-8-4-7-14(19)17(15)20/h3-9,11H,10H2,1-2H3,(H,21,24)(H,22,23). The number of carbonyl (C=O) groups is 2. The summed E-state index contributed by atoms with van der Waals surface area (Å²) in [5.74, 6) is -0.127. The summed E-state index contributed by atoms with van der Waals surface area (Å²) < 4.78 is 5.45. The Kier molecular flexibility index (Phi) is 6.67. The second-order valence-corrected chi connectivity index (χ2v) is 6.40. The van der Waals surface area contributed by atoms with E-state index in [4.69, 9.17) is 27.9 Å². The van der Waals surface area contributed by atoms with Crippen molar-refractivity contribution in [2.75, 3.05) is 17.2 Å². The predicted molar refractivity (Wildman–Crippen MR) is 100 cm³/mol. The Morgan fingerprint density at radius 1 is 1.08 bits per heavy atom. The molecule has 0 aromatic heterocycles. The van der Waals surface area contributed by atoms with Crippen LogP contribution in [0.15, 0.2) is 42.5 Å². The number of amides is 2. The van der Waals surface area contributed by atoms with Crippen LogP contribution in [0.5, 0.6) is 5.75 Å². The number of nitrogens with one attached hydrogen (secondary N) is 2. The molecule has 0 radical (unpaired) electrons. The van der Waals surface area contributed by atoms with Crippen molar-refractivity contribution in [3.8, 4) is 5.75 Å². The average molecular weight is 381 g/mol. The van der Waals surface area contributed by atoms with Crippen molar-refractivity contribution in [2.45, 2.75) is 13.8 Å². The van der Waals surface area contributed by atoms with E-state index >= 15 is 0 Å². The van der Waals surface area contributed by atoms with Gasteiger partial charge >= 0.3 is 0 Å². The first-order chi connectivity index (χ1) is 11.9. The van der Waals surface area contributed by atoms with E-state index < -0.39 is 0 Å². The Hall–Kier alpha value is -2.24. The SMILES string of the molecule is CC(C)C(=O)Nc1cccc(OCC(=O)Nc2cccc(Cl)c2Cl)c1. The van der Waals surface area contributed by atoms with E-state index in [1.807, 2.05) is 0 Å². The van der Waals surface area contributed by atoms with Crippen molar-refractivity contribution in [3.05, 3.63) is 52.5 Å². The average Bonchev–Trinajstić information content (AvgIpc) is 2.57. The molecule has 2 rings (SSSR count). The zero-order chi connectivity index (χ0) is 18.4. The second kappa shape index (κ2) is 8.74. The van der Waals surface area contributed by atoms with Crippen LogP contribution >= 0.6 is 23.2 Å². The zero-order valence-electron chi connectivity index (χ0n) is 13.8. The molecule has 0 saturated carbocycles. The van der Waals surface area contributed by atoms with Crippen LogP contribution < -0.4 is 15.4 Å². The Balaban J connectivity index is 1.93. The van der Waals surface area contributed by atoms with E-state index in [0.717, 1.165) is 0 Å². The van der Waals surface area contributed by atoms with Gasteiger partial charge < -0.3 is 15.4 Å². The molecule has 25 heavy (non-hydrogen) atoms. The van der Waals surface area contributed by atoms with Crippen LogP contribution in [0.1, 0.15) is 13.8 Å². The first-order valence-electron chi connectivity index (χ1n) is 7.64. The van der Waals surface area contributed by atoms with Crippen LogP contribution in [-0.2, 0) is 9.59 Å². The highest BCUT2D eigenvalue weighted by Gasteiger charge is 2.10. The molecule has 2 aromatic carbocycles. The van der Waals surface area contributed by atoms with Crippen LogP contribution in [-0.4, -0.2) is 18.4 Å². The quantitative estimate of drug-likeness (QED) is 0.768. The van der Waals surface area contributed by atoms with Gasteiger partial charge in [0.1, 0.15) is 5.75 Å². The third kappa shape index (κ3) is 5.66. The number of ether oxygens (including phenoxy) is 1. The predicted octanol–water partition coefficient (Wildman–Crippen LogP) is 4.61. The molecule has 0 saturated heterocycles. The molecule has 2 N–H and O–H groups in total. The van der Waals surface area contributed by atoms with Gasteiger partial charge in [-0.05, 0) is 24.3 Å². The number of hydrogen-bond acceptors (Lipinski definition) is 3. The Morgan fingerprint density at radius 2 is 1.80 bits per heavy atom. The summed E-state index contributed by atoms with van der Waals surface area (Å²) in [6, 6.07) is 11.8. The van der Waals surface area contributed by atoms with E-state index in [1.54, 1.807) is 56.3 Å². The molecule has 0 spiro atoms. The number of hydrogen-bond donors (Lipinski definition) is 2. The fraction of sp³-hybridized carbons (Fsp3) is 0.222. The van der Waals surface area contributed by atoms with Gasteiger partial charge in [-0.15, -0.1) is 0 Å². The van der Waals surface area contributed by atoms with Gasteiger partial charge in [-0.25, -0.2) is 0 Å². The zero-order valence-corrected chi connectivity index (χ0v) is 15.3. The summed E-state index contributed by atoms with van der Waals surface area (Å²) in [5.41, 5.74) is 1.02. The van der Waals surface area contributed by atoms with Crippen molar-refractivity contribution in [1.82, 2.24) is 0 Å². The lowest BCUT2D eigenvalue weighted by Crippen LogP contribution is -2.20. The van der Waals surface area contributed by atoms with Gasteiger partial charge in [0.25, 0.3) is 5.91 Å². The highest BCUT2D eigenvalue weighted by Crippen LogP contribution is 2.29. The molecule has 0 heterocycles. The van der Waals surface area contributed by atoms with Crippen LogP contribution in [0.3, 0.4) is 0 Å². The van der Waals surface area contributed by atoms with Crippen molar-refractivity contribution >= 4 is 46.4 Å². The minimum atomic E-state index is -0.374. The maximum absolute atomic E-state index is 12.0.